The van der Waals surface area contributed by atoms with E-state index in [0.717, 1.165) is 0 Å². The predicted molar refractivity (Wildman–Crippen MR) is 117 cm³/mol. The van der Waals surface area contributed by atoms with Gasteiger partial charge < -0.3 is 10.2 Å². The van der Waals surface area contributed by atoms with Crippen molar-refractivity contribution in [2.45, 2.75) is 52.1 Å². The van der Waals surface area contributed by atoms with Crippen molar-refractivity contribution in [3.05, 3.63) is 71.0 Å². The second-order valence-corrected chi connectivity index (χ2v) is 8.36. The van der Waals surface area contributed by atoms with E-state index in [9.17, 15) is 14.0 Å². The van der Waals surface area contributed by atoms with Crippen LogP contribution in [0.25, 0.3) is 0 Å². The number of carbonyl (C=O) groups excluding carboxylic acids is 2. The van der Waals surface area contributed by atoms with Crippen molar-refractivity contribution in [3.63, 3.8) is 0 Å². The number of aryl methyl sites for hydroxylation is 1. The van der Waals surface area contributed by atoms with E-state index in [1.165, 1.54) is 33.9 Å². The molecule has 2 aromatic rings. The average molecular weight is 417 g/mol. The molecule has 0 heterocycles. The average Bonchev–Trinajstić information content (AvgIpc) is 2.67. The van der Waals surface area contributed by atoms with Crippen LogP contribution in [0, 0.1) is 12.7 Å². The molecule has 156 valence electrons. The van der Waals surface area contributed by atoms with Crippen LogP contribution in [-0.2, 0) is 21.9 Å². The van der Waals surface area contributed by atoms with E-state index in [4.69, 9.17) is 0 Å². The topological polar surface area (TPSA) is 49.4 Å². The van der Waals surface area contributed by atoms with Gasteiger partial charge in [0.05, 0.1) is 5.75 Å². The molecule has 0 aromatic heterocycles. The normalized spacial score (nSPS) is 11.9. The van der Waals surface area contributed by atoms with Gasteiger partial charge in [0, 0.05) is 23.9 Å². The molecule has 2 rings (SSSR count). The molecule has 4 nitrogen and oxygen atoms in total. The number of nitrogens with one attached hydrogen (secondary N) is 1. The summed E-state index contributed by atoms with van der Waals surface area (Å²) in [5.41, 5.74) is 2.76. The lowest BCUT2D eigenvalue weighted by molar-refractivity contribution is -0.138. The molecule has 2 amide bonds. The lowest BCUT2D eigenvalue weighted by Crippen LogP contribution is -2.49. The summed E-state index contributed by atoms with van der Waals surface area (Å²) in [5, 5.41) is 2.83. The largest absolute Gasteiger partial charge is 0.352 e. The zero-order valence-corrected chi connectivity index (χ0v) is 18.3. The Labute approximate surface area is 176 Å². The van der Waals surface area contributed by atoms with E-state index in [0.29, 0.717) is 11.3 Å². The lowest BCUT2D eigenvalue weighted by Gasteiger charge is -2.29. The van der Waals surface area contributed by atoms with Gasteiger partial charge in [-0.25, -0.2) is 4.39 Å². The number of hydrogen-bond donors (Lipinski definition) is 1. The van der Waals surface area contributed by atoms with E-state index >= 15 is 0 Å². The van der Waals surface area contributed by atoms with Crippen molar-refractivity contribution >= 4 is 23.6 Å². The lowest BCUT2D eigenvalue weighted by atomic mass is 10.1. The zero-order valence-electron chi connectivity index (χ0n) is 17.4. The van der Waals surface area contributed by atoms with Crippen molar-refractivity contribution < 1.29 is 14.0 Å². The molecule has 1 unspecified atom stereocenters. The van der Waals surface area contributed by atoms with Crippen molar-refractivity contribution in [2.75, 3.05) is 5.75 Å². The van der Waals surface area contributed by atoms with Crippen LogP contribution in [0.1, 0.15) is 37.5 Å². The SMILES string of the molecule is Cc1ccccc1CSCC(=O)N(Cc1ccccc1F)C(C)C(=O)NC(C)C. The van der Waals surface area contributed by atoms with E-state index in [1.807, 2.05) is 45.0 Å². The third kappa shape index (κ3) is 6.89. The van der Waals surface area contributed by atoms with Crippen LogP contribution in [0.2, 0.25) is 0 Å². The molecule has 6 heteroatoms. The third-order valence-corrected chi connectivity index (χ3v) is 5.61. The Balaban J connectivity index is 2.10. The molecule has 0 radical (unpaired) electrons. The number of hydrogen-bond acceptors (Lipinski definition) is 3. The van der Waals surface area contributed by atoms with Gasteiger partial charge in [0.1, 0.15) is 11.9 Å². The highest BCUT2D eigenvalue weighted by Crippen LogP contribution is 2.19. The molecular formula is C23H29FN2O2S. The fourth-order valence-corrected chi connectivity index (χ4v) is 3.89. The minimum Gasteiger partial charge on any atom is -0.352 e. The molecule has 0 saturated carbocycles. The van der Waals surface area contributed by atoms with Gasteiger partial charge in [0.15, 0.2) is 0 Å². The summed E-state index contributed by atoms with van der Waals surface area (Å²) in [5.74, 6) is 0.127. The van der Waals surface area contributed by atoms with Gasteiger partial charge in [0.2, 0.25) is 11.8 Å². The van der Waals surface area contributed by atoms with Crippen molar-refractivity contribution in [2.24, 2.45) is 0 Å². The molecule has 0 bridgehead atoms. The van der Waals surface area contributed by atoms with Gasteiger partial charge in [-0.1, -0.05) is 42.5 Å². The van der Waals surface area contributed by atoms with Gasteiger partial charge in [-0.15, -0.1) is 11.8 Å². The van der Waals surface area contributed by atoms with Crippen LogP contribution in [-0.4, -0.2) is 34.6 Å². The highest BCUT2D eigenvalue weighted by molar-refractivity contribution is 7.99. The Hall–Kier alpha value is -2.34. The molecule has 1 atom stereocenters. The molecule has 29 heavy (non-hydrogen) atoms. The van der Waals surface area contributed by atoms with Gasteiger partial charge >= 0.3 is 0 Å². The molecule has 0 fully saturated rings. The zero-order chi connectivity index (χ0) is 21.4. The Morgan fingerprint density at radius 3 is 2.28 bits per heavy atom. The minimum atomic E-state index is -0.691. The molecule has 0 aliphatic carbocycles. The first-order valence-electron chi connectivity index (χ1n) is 9.75. The maximum Gasteiger partial charge on any atom is 0.242 e. The Morgan fingerprint density at radius 1 is 1.03 bits per heavy atom. The summed E-state index contributed by atoms with van der Waals surface area (Å²) in [6, 6.07) is 13.7. The molecule has 0 aliphatic heterocycles. The highest BCUT2D eigenvalue weighted by atomic mass is 32.2. The van der Waals surface area contributed by atoms with Crippen molar-refractivity contribution in [3.8, 4) is 0 Å². The van der Waals surface area contributed by atoms with Crippen LogP contribution in [0.5, 0.6) is 0 Å². The molecule has 2 aromatic carbocycles. The van der Waals surface area contributed by atoms with Gasteiger partial charge in [-0.05, 0) is 44.9 Å². The van der Waals surface area contributed by atoms with Crippen LogP contribution in [0.4, 0.5) is 4.39 Å². The number of halogens is 1. The number of amides is 2. The second kappa shape index (κ2) is 11.0. The number of rotatable bonds is 9. The second-order valence-electron chi connectivity index (χ2n) is 7.37. The maximum absolute atomic E-state index is 14.2. The number of benzene rings is 2. The van der Waals surface area contributed by atoms with Crippen molar-refractivity contribution in [1.82, 2.24) is 10.2 Å². The number of carbonyl (C=O) groups is 2. The predicted octanol–water partition coefficient (Wildman–Crippen LogP) is 4.31. The molecule has 0 aliphatic rings. The third-order valence-electron chi connectivity index (χ3n) is 4.64. The molecule has 1 N–H and O–H groups in total. The van der Waals surface area contributed by atoms with E-state index in [1.54, 1.807) is 25.1 Å². The first-order valence-corrected chi connectivity index (χ1v) is 10.9. The van der Waals surface area contributed by atoms with Crippen LogP contribution in [0.3, 0.4) is 0 Å². The fraction of sp³-hybridized carbons (Fsp3) is 0.391. The Kier molecular flexibility index (Phi) is 8.70. The highest BCUT2D eigenvalue weighted by Gasteiger charge is 2.27. The van der Waals surface area contributed by atoms with E-state index in [-0.39, 0.29) is 36.0 Å². The van der Waals surface area contributed by atoms with Gasteiger partial charge in [-0.3, -0.25) is 9.59 Å². The Bertz CT molecular complexity index is 841. The summed E-state index contributed by atoms with van der Waals surface area (Å²) >= 11 is 1.50. The fourth-order valence-electron chi connectivity index (χ4n) is 2.90. The van der Waals surface area contributed by atoms with Crippen LogP contribution >= 0.6 is 11.8 Å². The summed E-state index contributed by atoms with van der Waals surface area (Å²) in [7, 11) is 0. The van der Waals surface area contributed by atoms with Crippen molar-refractivity contribution in [1.29, 1.82) is 0 Å². The Morgan fingerprint density at radius 2 is 1.66 bits per heavy atom. The van der Waals surface area contributed by atoms with Crippen LogP contribution < -0.4 is 5.32 Å². The quantitative estimate of drug-likeness (QED) is 0.663. The summed E-state index contributed by atoms with van der Waals surface area (Å²) in [6.07, 6.45) is 0. The molecule has 0 spiro atoms. The number of nitrogens with zero attached hydrogens (tertiary/aromatic N) is 1. The molecular weight excluding hydrogens is 387 g/mol. The first kappa shape index (κ1) is 22.9. The van der Waals surface area contributed by atoms with Gasteiger partial charge in [-0.2, -0.15) is 0 Å². The minimum absolute atomic E-state index is 0.0363. The van der Waals surface area contributed by atoms with E-state index in [2.05, 4.69) is 5.32 Å². The smallest absolute Gasteiger partial charge is 0.242 e. The summed E-state index contributed by atoms with van der Waals surface area (Å²) < 4.78 is 14.2. The standard InChI is InChI=1S/C23H29FN2O2S/c1-16(2)25-23(28)18(4)26(13-19-10-7-8-12-21(19)24)22(27)15-29-14-20-11-6-5-9-17(20)3/h5-12,16,18H,13-15H2,1-4H3,(H,25,28). The maximum atomic E-state index is 14.2. The van der Waals surface area contributed by atoms with E-state index < -0.39 is 6.04 Å². The van der Waals surface area contributed by atoms with Crippen LogP contribution in [0.15, 0.2) is 48.5 Å². The first-order chi connectivity index (χ1) is 13.8. The summed E-state index contributed by atoms with van der Waals surface area (Å²) in [4.78, 5) is 26.9. The molecule has 0 saturated heterocycles. The monoisotopic (exact) mass is 416 g/mol. The number of thioether (sulfide) groups is 1. The summed E-state index contributed by atoms with van der Waals surface area (Å²) in [6.45, 7) is 7.52. The van der Waals surface area contributed by atoms with Gasteiger partial charge in [0.25, 0.3) is 0 Å².